The lowest BCUT2D eigenvalue weighted by Crippen LogP contribution is -2.58. The monoisotopic (exact) mass is 267 g/mol. The van der Waals surface area contributed by atoms with Crippen molar-refractivity contribution in [3.63, 3.8) is 0 Å². The van der Waals surface area contributed by atoms with Gasteiger partial charge in [0.05, 0.1) is 6.54 Å². The molecule has 1 heterocycles. The maximum atomic E-state index is 12.3. The van der Waals surface area contributed by atoms with E-state index in [4.69, 9.17) is 16.3 Å². The van der Waals surface area contributed by atoms with Crippen LogP contribution >= 0.6 is 11.6 Å². The number of esters is 1. The molecule has 0 saturated carbocycles. The molecule has 0 aliphatic carbocycles. The van der Waals surface area contributed by atoms with E-state index < -0.39 is 5.54 Å². The molecule has 4 nitrogen and oxygen atoms in total. The van der Waals surface area contributed by atoms with Gasteiger partial charge in [-0.25, -0.2) is 4.79 Å². The zero-order valence-electron chi connectivity index (χ0n) is 10.3. The number of hydrogen-bond donors (Lipinski definition) is 0. The summed E-state index contributed by atoms with van der Waals surface area (Å²) in [7, 11) is 0. The first-order valence-electron chi connectivity index (χ1n) is 5.67. The molecule has 96 valence electrons. The van der Waals surface area contributed by atoms with Gasteiger partial charge >= 0.3 is 5.97 Å². The highest BCUT2D eigenvalue weighted by molar-refractivity contribution is 6.30. The minimum Gasteiger partial charge on any atom is -0.462 e. The van der Waals surface area contributed by atoms with Gasteiger partial charge < -0.3 is 9.64 Å². The van der Waals surface area contributed by atoms with E-state index >= 15 is 0 Å². The molecule has 1 aromatic carbocycles. The minimum atomic E-state index is -0.936. The third-order valence-corrected chi connectivity index (χ3v) is 3.31. The van der Waals surface area contributed by atoms with Crippen molar-refractivity contribution in [3.8, 4) is 0 Å². The Morgan fingerprint density at radius 2 is 1.94 bits per heavy atom. The molecule has 0 radical (unpaired) electrons. The molecule has 1 aliphatic rings. The van der Waals surface area contributed by atoms with Gasteiger partial charge in [-0.3, -0.25) is 4.79 Å². The Morgan fingerprint density at radius 1 is 1.33 bits per heavy atom. The number of ether oxygens (including phenoxy) is 1. The first kappa shape index (κ1) is 12.9. The summed E-state index contributed by atoms with van der Waals surface area (Å²) in [5, 5.41) is 0.573. The van der Waals surface area contributed by atoms with Crippen molar-refractivity contribution in [1.82, 2.24) is 4.90 Å². The summed E-state index contributed by atoms with van der Waals surface area (Å²) >= 11 is 5.78. The Bertz CT molecular complexity index is 482. The number of hydrogen-bond acceptors (Lipinski definition) is 3. The van der Waals surface area contributed by atoms with Crippen LogP contribution in [0.5, 0.6) is 0 Å². The molecule has 0 aromatic heterocycles. The molecule has 0 spiro atoms. The number of carbonyl (C=O) groups is 2. The summed E-state index contributed by atoms with van der Waals surface area (Å²) in [5.41, 5.74) is -0.420. The fourth-order valence-corrected chi connectivity index (χ4v) is 2.03. The number of morpholine rings is 1. The quantitative estimate of drug-likeness (QED) is 0.732. The number of halogens is 1. The third kappa shape index (κ3) is 2.20. The van der Waals surface area contributed by atoms with Crippen molar-refractivity contribution in [3.05, 3.63) is 34.9 Å². The fourth-order valence-electron chi connectivity index (χ4n) is 1.90. The van der Waals surface area contributed by atoms with E-state index in [0.29, 0.717) is 17.1 Å². The van der Waals surface area contributed by atoms with Crippen LogP contribution in [0.3, 0.4) is 0 Å². The van der Waals surface area contributed by atoms with E-state index in [1.54, 1.807) is 38.1 Å². The third-order valence-electron chi connectivity index (χ3n) is 3.06. The number of nitrogens with zero attached hydrogens (tertiary/aromatic N) is 1. The van der Waals surface area contributed by atoms with Crippen LogP contribution in [0.4, 0.5) is 0 Å². The summed E-state index contributed by atoms with van der Waals surface area (Å²) < 4.78 is 4.97. The molecular weight excluding hydrogens is 254 g/mol. The van der Waals surface area contributed by atoms with Crippen LogP contribution in [0.1, 0.15) is 24.2 Å². The number of benzene rings is 1. The molecule has 1 fully saturated rings. The molecule has 1 saturated heterocycles. The van der Waals surface area contributed by atoms with Crippen molar-refractivity contribution in [2.45, 2.75) is 19.4 Å². The van der Waals surface area contributed by atoms with Crippen LogP contribution in [-0.2, 0) is 9.53 Å². The van der Waals surface area contributed by atoms with Crippen molar-refractivity contribution in [2.75, 3.05) is 13.2 Å². The summed E-state index contributed by atoms with van der Waals surface area (Å²) in [6, 6.07) is 6.62. The van der Waals surface area contributed by atoms with E-state index in [-0.39, 0.29) is 18.5 Å². The minimum absolute atomic E-state index is 0.187. The molecule has 0 unspecified atom stereocenters. The number of amides is 1. The van der Waals surface area contributed by atoms with Crippen molar-refractivity contribution >= 4 is 23.5 Å². The molecule has 0 N–H and O–H groups in total. The normalized spacial score (nSPS) is 18.4. The maximum Gasteiger partial charge on any atom is 0.331 e. The Morgan fingerprint density at radius 3 is 2.56 bits per heavy atom. The Hall–Kier alpha value is -1.55. The van der Waals surface area contributed by atoms with Gasteiger partial charge in [0.15, 0.2) is 0 Å². The number of carbonyl (C=O) groups excluding carboxylic acids is 2. The van der Waals surface area contributed by atoms with Gasteiger partial charge in [-0.05, 0) is 38.1 Å². The van der Waals surface area contributed by atoms with Crippen LogP contribution in [0.25, 0.3) is 0 Å². The van der Waals surface area contributed by atoms with Gasteiger partial charge in [0.2, 0.25) is 0 Å². The molecule has 0 atom stereocenters. The van der Waals surface area contributed by atoms with Gasteiger partial charge in [0, 0.05) is 10.6 Å². The SMILES string of the molecule is CC1(C)C(=O)OCCN1C(=O)c1ccc(Cl)cc1. The Labute approximate surface area is 110 Å². The molecule has 18 heavy (non-hydrogen) atoms. The van der Waals surface area contributed by atoms with Crippen molar-refractivity contribution in [1.29, 1.82) is 0 Å². The van der Waals surface area contributed by atoms with Gasteiger partial charge in [-0.1, -0.05) is 11.6 Å². The lowest BCUT2D eigenvalue weighted by molar-refractivity contribution is -0.162. The van der Waals surface area contributed by atoms with Crippen molar-refractivity contribution < 1.29 is 14.3 Å². The van der Waals surface area contributed by atoms with E-state index in [0.717, 1.165) is 0 Å². The second-order valence-corrected chi connectivity index (χ2v) is 5.10. The number of rotatable bonds is 1. The van der Waals surface area contributed by atoms with E-state index in [9.17, 15) is 9.59 Å². The largest absolute Gasteiger partial charge is 0.462 e. The predicted molar refractivity (Wildman–Crippen MR) is 67.5 cm³/mol. The second-order valence-electron chi connectivity index (χ2n) is 4.66. The van der Waals surface area contributed by atoms with Crippen LogP contribution in [0.15, 0.2) is 24.3 Å². The van der Waals surface area contributed by atoms with Gasteiger partial charge in [-0.2, -0.15) is 0 Å². The molecule has 1 aromatic rings. The second kappa shape index (κ2) is 4.61. The molecule has 5 heteroatoms. The van der Waals surface area contributed by atoms with E-state index in [1.807, 2.05) is 0 Å². The average molecular weight is 268 g/mol. The lowest BCUT2D eigenvalue weighted by Gasteiger charge is -2.40. The maximum absolute atomic E-state index is 12.3. The Balaban J connectivity index is 2.28. The van der Waals surface area contributed by atoms with Crippen LogP contribution in [0.2, 0.25) is 5.02 Å². The predicted octanol–water partition coefficient (Wildman–Crippen LogP) is 2.12. The topological polar surface area (TPSA) is 46.6 Å². The highest BCUT2D eigenvalue weighted by Crippen LogP contribution is 2.23. The van der Waals surface area contributed by atoms with Crippen LogP contribution in [-0.4, -0.2) is 35.5 Å². The molecular formula is C13H14ClNO3. The van der Waals surface area contributed by atoms with Crippen LogP contribution < -0.4 is 0 Å². The Kier molecular flexibility index (Phi) is 3.30. The molecule has 1 amide bonds. The lowest BCUT2D eigenvalue weighted by atomic mass is 10.00. The first-order chi connectivity index (χ1) is 8.43. The zero-order valence-corrected chi connectivity index (χ0v) is 11.0. The van der Waals surface area contributed by atoms with E-state index in [2.05, 4.69) is 0 Å². The summed E-state index contributed by atoms with van der Waals surface area (Å²) in [4.78, 5) is 25.6. The van der Waals surface area contributed by atoms with Crippen LogP contribution in [0, 0.1) is 0 Å². The van der Waals surface area contributed by atoms with E-state index in [1.165, 1.54) is 4.90 Å². The van der Waals surface area contributed by atoms with Gasteiger partial charge in [-0.15, -0.1) is 0 Å². The van der Waals surface area contributed by atoms with Crippen molar-refractivity contribution in [2.24, 2.45) is 0 Å². The summed E-state index contributed by atoms with van der Waals surface area (Å²) in [6.45, 7) is 4.01. The standard InChI is InChI=1S/C13H14ClNO3/c1-13(2)12(17)18-8-7-15(13)11(16)9-3-5-10(14)6-4-9/h3-6H,7-8H2,1-2H3. The first-order valence-corrected chi connectivity index (χ1v) is 6.05. The smallest absolute Gasteiger partial charge is 0.331 e. The highest BCUT2D eigenvalue weighted by Gasteiger charge is 2.42. The molecule has 2 rings (SSSR count). The highest BCUT2D eigenvalue weighted by atomic mass is 35.5. The van der Waals surface area contributed by atoms with Gasteiger partial charge in [0.25, 0.3) is 5.91 Å². The summed E-state index contributed by atoms with van der Waals surface area (Å²) in [5.74, 6) is -0.565. The molecule has 0 bridgehead atoms. The summed E-state index contributed by atoms with van der Waals surface area (Å²) in [6.07, 6.45) is 0. The van der Waals surface area contributed by atoms with Gasteiger partial charge in [0.1, 0.15) is 12.1 Å². The zero-order chi connectivity index (χ0) is 13.3. The number of cyclic esters (lactones) is 1. The fraction of sp³-hybridized carbons (Fsp3) is 0.385. The molecule has 1 aliphatic heterocycles. The average Bonchev–Trinajstić information content (AvgIpc) is 2.33.